The number of halogens is 2. The molecule has 1 saturated heterocycles. The fraction of sp³-hybridized carbons (Fsp3) is 0.278. The van der Waals surface area contributed by atoms with E-state index in [-0.39, 0.29) is 18.4 Å². The second-order valence-electron chi connectivity index (χ2n) is 6.24. The summed E-state index contributed by atoms with van der Waals surface area (Å²) in [6, 6.07) is 3.38. The lowest BCUT2D eigenvalue weighted by Crippen LogP contribution is -2.40. The van der Waals surface area contributed by atoms with Crippen molar-refractivity contribution in [1.82, 2.24) is 25.0 Å². The van der Waals surface area contributed by atoms with Gasteiger partial charge in [0.2, 0.25) is 0 Å². The van der Waals surface area contributed by atoms with Gasteiger partial charge in [0.15, 0.2) is 5.82 Å². The number of hydrogen-bond acceptors (Lipinski definition) is 6. The minimum absolute atomic E-state index is 0.188. The highest BCUT2D eigenvalue weighted by molar-refractivity contribution is 5.94. The zero-order valence-corrected chi connectivity index (χ0v) is 14.2. The summed E-state index contributed by atoms with van der Waals surface area (Å²) in [6.07, 6.45) is 5.97. The zero-order valence-electron chi connectivity index (χ0n) is 14.2. The van der Waals surface area contributed by atoms with Gasteiger partial charge in [-0.25, -0.2) is 13.8 Å². The Labute approximate surface area is 153 Å². The third-order valence-corrected chi connectivity index (χ3v) is 4.47. The van der Waals surface area contributed by atoms with Gasteiger partial charge in [-0.3, -0.25) is 9.78 Å². The molecule has 0 spiro atoms. The summed E-state index contributed by atoms with van der Waals surface area (Å²) in [7, 11) is 0. The van der Waals surface area contributed by atoms with E-state index in [9.17, 15) is 13.6 Å². The summed E-state index contributed by atoms with van der Waals surface area (Å²) in [6.45, 7) is 0.671. The molecule has 1 atom stereocenters. The number of benzene rings is 1. The highest BCUT2D eigenvalue weighted by Gasteiger charge is 2.31. The van der Waals surface area contributed by atoms with Crippen molar-refractivity contribution in [2.24, 2.45) is 0 Å². The third kappa shape index (κ3) is 3.40. The molecule has 0 aliphatic carbocycles. The molecule has 1 aliphatic rings. The molecule has 1 aliphatic heterocycles. The van der Waals surface area contributed by atoms with Crippen LogP contribution in [0.2, 0.25) is 0 Å². The molecule has 1 unspecified atom stereocenters. The first kappa shape index (κ1) is 17.2. The minimum atomic E-state index is -0.869. The molecule has 0 radical (unpaired) electrons. The van der Waals surface area contributed by atoms with Gasteiger partial charge in [0.05, 0.1) is 6.20 Å². The molecule has 27 heavy (non-hydrogen) atoms. The van der Waals surface area contributed by atoms with Crippen molar-refractivity contribution in [3.8, 4) is 11.6 Å². The molecule has 1 aromatic carbocycles. The number of nitrogens with zero attached hydrogens (tertiary/aromatic N) is 5. The van der Waals surface area contributed by atoms with Crippen LogP contribution in [0.25, 0.3) is 11.6 Å². The molecule has 1 amide bonds. The maximum absolute atomic E-state index is 13.9. The normalized spacial score (nSPS) is 17.1. The number of aromatic nitrogens is 4. The first-order chi connectivity index (χ1) is 13.1. The first-order valence-electron chi connectivity index (χ1n) is 8.47. The van der Waals surface area contributed by atoms with Gasteiger partial charge in [0, 0.05) is 31.4 Å². The molecule has 3 aromatic rings. The van der Waals surface area contributed by atoms with Crippen LogP contribution in [0.4, 0.5) is 8.78 Å². The predicted molar refractivity (Wildman–Crippen MR) is 89.6 cm³/mol. The lowest BCUT2D eigenvalue weighted by atomic mass is 9.96. The van der Waals surface area contributed by atoms with E-state index in [0.29, 0.717) is 24.5 Å². The zero-order chi connectivity index (χ0) is 18.8. The third-order valence-electron chi connectivity index (χ3n) is 4.47. The van der Waals surface area contributed by atoms with Crippen molar-refractivity contribution in [1.29, 1.82) is 0 Å². The molecule has 0 saturated carbocycles. The molecule has 0 bridgehead atoms. The number of likely N-dealkylation sites (tertiary alicyclic amines) is 1. The van der Waals surface area contributed by atoms with Crippen LogP contribution < -0.4 is 0 Å². The van der Waals surface area contributed by atoms with Gasteiger partial charge in [0.25, 0.3) is 11.8 Å². The van der Waals surface area contributed by atoms with E-state index in [0.717, 1.165) is 18.6 Å². The molecule has 4 rings (SSSR count). The summed E-state index contributed by atoms with van der Waals surface area (Å²) < 4.78 is 33.1. The second-order valence-corrected chi connectivity index (χ2v) is 6.24. The Balaban J connectivity index is 1.54. The van der Waals surface area contributed by atoms with Crippen LogP contribution >= 0.6 is 0 Å². The molecular weight excluding hydrogens is 356 g/mol. The molecule has 9 heteroatoms. The number of piperidine rings is 1. The Morgan fingerprint density at radius 1 is 1.22 bits per heavy atom. The van der Waals surface area contributed by atoms with Gasteiger partial charge in [-0.2, -0.15) is 4.98 Å². The van der Waals surface area contributed by atoms with E-state index in [2.05, 4.69) is 20.1 Å². The predicted octanol–water partition coefficient (Wildman–Crippen LogP) is 2.82. The van der Waals surface area contributed by atoms with Crippen LogP contribution in [-0.4, -0.2) is 44.0 Å². The number of carbonyl (C=O) groups excluding carboxylic acids is 1. The van der Waals surface area contributed by atoms with Crippen LogP contribution in [-0.2, 0) is 0 Å². The second kappa shape index (κ2) is 7.18. The molecule has 138 valence electrons. The summed E-state index contributed by atoms with van der Waals surface area (Å²) in [5, 5.41) is 3.98. The fourth-order valence-electron chi connectivity index (χ4n) is 3.15. The fourth-order valence-corrected chi connectivity index (χ4v) is 3.15. The van der Waals surface area contributed by atoms with Crippen molar-refractivity contribution in [2.45, 2.75) is 18.8 Å². The Kier molecular flexibility index (Phi) is 4.57. The van der Waals surface area contributed by atoms with Crippen molar-refractivity contribution < 1.29 is 18.1 Å². The van der Waals surface area contributed by atoms with E-state index in [4.69, 9.17) is 4.52 Å². The van der Waals surface area contributed by atoms with Gasteiger partial charge in [-0.15, -0.1) is 0 Å². The number of rotatable bonds is 3. The number of hydrogen-bond donors (Lipinski definition) is 0. The summed E-state index contributed by atoms with van der Waals surface area (Å²) in [4.78, 5) is 26.4. The van der Waals surface area contributed by atoms with Crippen LogP contribution in [0.5, 0.6) is 0 Å². The van der Waals surface area contributed by atoms with Crippen molar-refractivity contribution >= 4 is 5.91 Å². The first-order valence-corrected chi connectivity index (χ1v) is 8.47. The Hall–Kier alpha value is -3.23. The van der Waals surface area contributed by atoms with Crippen LogP contribution in [0.1, 0.15) is 34.9 Å². The number of carbonyl (C=O) groups is 1. The lowest BCUT2D eigenvalue weighted by Gasteiger charge is -2.31. The van der Waals surface area contributed by atoms with E-state index < -0.39 is 23.1 Å². The van der Waals surface area contributed by atoms with Crippen molar-refractivity contribution in [3.63, 3.8) is 0 Å². The molecular formula is C18H15F2N5O2. The summed E-state index contributed by atoms with van der Waals surface area (Å²) >= 11 is 0. The molecule has 0 N–H and O–H groups in total. The van der Waals surface area contributed by atoms with Gasteiger partial charge < -0.3 is 9.42 Å². The topological polar surface area (TPSA) is 85.0 Å². The maximum atomic E-state index is 13.9. The number of amides is 1. The summed E-state index contributed by atoms with van der Waals surface area (Å²) in [5.74, 6) is -1.93. The van der Waals surface area contributed by atoms with E-state index in [1.165, 1.54) is 29.6 Å². The SMILES string of the molecule is O=C(c1c(F)cccc1F)N1CCCC(c2noc(-c3cnccn3)n2)C1. The van der Waals surface area contributed by atoms with Crippen LogP contribution in [0, 0.1) is 11.6 Å². The standard InChI is InChI=1S/C18H15F2N5O2/c19-12-4-1-5-13(20)15(12)18(26)25-8-2-3-11(10-25)16-23-17(27-24-16)14-9-21-6-7-22-14/h1,4-7,9,11H,2-3,8,10H2. The monoisotopic (exact) mass is 371 g/mol. The van der Waals surface area contributed by atoms with Crippen molar-refractivity contribution in [3.05, 3.63) is 59.8 Å². The highest BCUT2D eigenvalue weighted by atomic mass is 19.1. The smallest absolute Gasteiger partial charge is 0.278 e. The molecule has 7 nitrogen and oxygen atoms in total. The van der Waals surface area contributed by atoms with Gasteiger partial charge in [-0.05, 0) is 25.0 Å². The largest absolute Gasteiger partial charge is 0.338 e. The van der Waals surface area contributed by atoms with Crippen LogP contribution in [0.15, 0.2) is 41.3 Å². The Morgan fingerprint density at radius 3 is 2.78 bits per heavy atom. The average Bonchev–Trinajstić information content (AvgIpc) is 3.19. The van der Waals surface area contributed by atoms with Crippen LogP contribution in [0.3, 0.4) is 0 Å². The Morgan fingerprint density at radius 2 is 2.04 bits per heavy atom. The van der Waals surface area contributed by atoms with Crippen molar-refractivity contribution in [2.75, 3.05) is 13.1 Å². The van der Waals surface area contributed by atoms with Gasteiger partial charge in [0.1, 0.15) is 22.9 Å². The lowest BCUT2D eigenvalue weighted by molar-refractivity contribution is 0.0693. The molecule has 1 fully saturated rings. The molecule has 2 aromatic heterocycles. The molecule has 3 heterocycles. The summed E-state index contributed by atoms with van der Waals surface area (Å²) in [5.41, 5.74) is -0.0834. The quantitative estimate of drug-likeness (QED) is 0.704. The van der Waals surface area contributed by atoms with Gasteiger partial charge in [-0.1, -0.05) is 11.2 Å². The van der Waals surface area contributed by atoms with Gasteiger partial charge >= 0.3 is 0 Å². The van der Waals surface area contributed by atoms with E-state index >= 15 is 0 Å². The van der Waals surface area contributed by atoms with E-state index in [1.807, 2.05) is 0 Å². The minimum Gasteiger partial charge on any atom is -0.338 e. The average molecular weight is 371 g/mol. The maximum Gasteiger partial charge on any atom is 0.278 e. The van der Waals surface area contributed by atoms with E-state index in [1.54, 1.807) is 0 Å². The Bertz CT molecular complexity index is 943. The highest BCUT2D eigenvalue weighted by Crippen LogP contribution is 2.28.